The molecule has 2 aromatic rings. The summed E-state index contributed by atoms with van der Waals surface area (Å²) in [6, 6.07) is 4.21. The summed E-state index contributed by atoms with van der Waals surface area (Å²) in [6.07, 6.45) is 0. The molecule has 19 heavy (non-hydrogen) atoms. The first-order valence-electron chi connectivity index (χ1n) is 6.02. The molecule has 0 amide bonds. The average molecular weight is 324 g/mol. The van der Waals surface area contributed by atoms with Crippen molar-refractivity contribution in [1.82, 2.24) is 10.2 Å². The van der Waals surface area contributed by atoms with Crippen LogP contribution in [-0.2, 0) is 0 Å². The van der Waals surface area contributed by atoms with E-state index in [4.69, 9.17) is 4.74 Å². The van der Waals surface area contributed by atoms with E-state index in [1.165, 1.54) is 5.56 Å². The summed E-state index contributed by atoms with van der Waals surface area (Å²) in [5.41, 5.74) is 4.27. The SMILES string of the molecule is COc1c(C)cc(C)cc1-c1[nH]nc(N(C)C)c1Br. The van der Waals surface area contributed by atoms with E-state index in [2.05, 4.69) is 45.2 Å². The number of rotatable bonds is 3. The summed E-state index contributed by atoms with van der Waals surface area (Å²) >= 11 is 3.61. The fourth-order valence-corrected chi connectivity index (χ4v) is 2.95. The first-order chi connectivity index (χ1) is 8.95. The molecule has 1 aromatic heterocycles. The Morgan fingerprint density at radius 3 is 2.47 bits per heavy atom. The van der Waals surface area contributed by atoms with Crippen LogP contribution in [0.15, 0.2) is 16.6 Å². The zero-order valence-electron chi connectivity index (χ0n) is 11.8. The number of aryl methyl sites for hydroxylation is 2. The molecule has 1 heterocycles. The predicted octanol–water partition coefficient (Wildman–Crippen LogP) is 3.53. The van der Waals surface area contributed by atoms with Crippen molar-refractivity contribution in [3.05, 3.63) is 27.7 Å². The van der Waals surface area contributed by atoms with E-state index < -0.39 is 0 Å². The number of methoxy groups -OCH3 is 1. The number of H-pyrrole nitrogens is 1. The number of benzene rings is 1. The second-order valence-corrected chi connectivity index (χ2v) is 5.59. The second kappa shape index (κ2) is 5.25. The normalized spacial score (nSPS) is 10.6. The van der Waals surface area contributed by atoms with Gasteiger partial charge in [0.2, 0.25) is 0 Å². The number of anilines is 1. The van der Waals surface area contributed by atoms with E-state index in [9.17, 15) is 0 Å². The minimum atomic E-state index is 0.871. The molecule has 1 N–H and O–H groups in total. The van der Waals surface area contributed by atoms with E-state index in [1.807, 2.05) is 25.9 Å². The predicted molar refractivity (Wildman–Crippen MR) is 82.1 cm³/mol. The monoisotopic (exact) mass is 323 g/mol. The molecule has 0 radical (unpaired) electrons. The van der Waals surface area contributed by atoms with Crippen LogP contribution in [-0.4, -0.2) is 31.4 Å². The topological polar surface area (TPSA) is 41.1 Å². The lowest BCUT2D eigenvalue weighted by Crippen LogP contribution is -2.09. The number of nitrogens with zero attached hydrogens (tertiary/aromatic N) is 2. The largest absolute Gasteiger partial charge is 0.496 e. The van der Waals surface area contributed by atoms with Gasteiger partial charge in [-0.2, -0.15) is 5.10 Å². The Hall–Kier alpha value is -1.49. The van der Waals surface area contributed by atoms with Gasteiger partial charge in [0.1, 0.15) is 5.75 Å². The minimum absolute atomic E-state index is 0.871. The molecule has 1 aromatic carbocycles. The van der Waals surface area contributed by atoms with Gasteiger partial charge in [-0.3, -0.25) is 5.10 Å². The number of hydrogen-bond donors (Lipinski definition) is 1. The standard InChI is InChI=1S/C14H18BrN3O/c1-8-6-9(2)13(19-5)10(7-8)12-11(15)14(17-16-12)18(3)4/h6-7H,1-5H3,(H,16,17). The molecule has 0 saturated carbocycles. The summed E-state index contributed by atoms with van der Waals surface area (Å²) < 4.78 is 6.47. The number of aromatic amines is 1. The molecule has 0 aliphatic rings. The molecule has 102 valence electrons. The van der Waals surface area contributed by atoms with Crippen LogP contribution in [0, 0.1) is 13.8 Å². The number of halogens is 1. The quantitative estimate of drug-likeness (QED) is 0.939. The lowest BCUT2D eigenvalue weighted by atomic mass is 10.0. The molecule has 2 rings (SSSR count). The third kappa shape index (κ3) is 2.47. The Kier molecular flexibility index (Phi) is 3.85. The van der Waals surface area contributed by atoms with Crippen LogP contribution in [0.1, 0.15) is 11.1 Å². The Morgan fingerprint density at radius 1 is 1.26 bits per heavy atom. The maximum absolute atomic E-state index is 5.53. The number of aromatic nitrogens is 2. The van der Waals surface area contributed by atoms with Crippen LogP contribution in [0.3, 0.4) is 0 Å². The Balaban J connectivity index is 2.65. The van der Waals surface area contributed by atoms with Crippen molar-refractivity contribution < 1.29 is 4.74 Å². The van der Waals surface area contributed by atoms with Crippen LogP contribution in [0.4, 0.5) is 5.82 Å². The lowest BCUT2D eigenvalue weighted by Gasteiger charge is -2.12. The molecule has 0 aliphatic heterocycles. The van der Waals surface area contributed by atoms with Crippen LogP contribution >= 0.6 is 15.9 Å². The zero-order chi connectivity index (χ0) is 14.2. The highest BCUT2D eigenvalue weighted by Gasteiger charge is 2.18. The number of ether oxygens (including phenoxy) is 1. The van der Waals surface area contributed by atoms with E-state index in [1.54, 1.807) is 7.11 Å². The first-order valence-corrected chi connectivity index (χ1v) is 6.81. The van der Waals surface area contributed by atoms with Crippen LogP contribution in [0.2, 0.25) is 0 Å². The van der Waals surface area contributed by atoms with Gasteiger partial charge in [-0.25, -0.2) is 0 Å². The zero-order valence-corrected chi connectivity index (χ0v) is 13.4. The van der Waals surface area contributed by atoms with Crippen LogP contribution < -0.4 is 9.64 Å². The molecule has 0 unspecified atom stereocenters. The van der Waals surface area contributed by atoms with Gasteiger partial charge in [0.25, 0.3) is 0 Å². The van der Waals surface area contributed by atoms with Gasteiger partial charge in [-0.05, 0) is 47.0 Å². The lowest BCUT2D eigenvalue weighted by molar-refractivity contribution is 0.413. The molecule has 0 fully saturated rings. The van der Waals surface area contributed by atoms with Crippen LogP contribution in [0.25, 0.3) is 11.3 Å². The fourth-order valence-electron chi connectivity index (χ4n) is 2.20. The third-order valence-corrected chi connectivity index (χ3v) is 3.76. The molecular weight excluding hydrogens is 306 g/mol. The maximum Gasteiger partial charge on any atom is 0.164 e. The summed E-state index contributed by atoms with van der Waals surface area (Å²) in [7, 11) is 5.62. The second-order valence-electron chi connectivity index (χ2n) is 4.79. The van der Waals surface area contributed by atoms with Crippen molar-refractivity contribution in [2.24, 2.45) is 0 Å². The number of hydrogen-bond acceptors (Lipinski definition) is 3. The Morgan fingerprint density at radius 2 is 1.95 bits per heavy atom. The molecule has 0 bridgehead atoms. The van der Waals surface area contributed by atoms with Gasteiger partial charge in [-0.1, -0.05) is 6.07 Å². The smallest absolute Gasteiger partial charge is 0.164 e. The van der Waals surface area contributed by atoms with Crippen molar-refractivity contribution in [2.75, 3.05) is 26.1 Å². The number of nitrogens with one attached hydrogen (secondary N) is 1. The Labute approximate surface area is 121 Å². The highest BCUT2D eigenvalue weighted by atomic mass is 79.9. The summed E-state index contributed by atoms with van der Waals surface area (Å²) in [5, 5.41) is 7.41. The average Bonchev–Trinajstić information content (AvgIpc) is 2.70. The van der Waals surface area contributed by atoms with E-state index in [0.29, 0.717) is 0 Å². The molecule has 0 atom stereocenters. The summed E-state index contributed by atoms with van der Waals surface area (Å²) in [4.78, 5) is 1.96. The third-order valence-electron chi connectivity index (χ3n) is 3.01. The highest BCUT2D eigenvalue weighted by Crippen LogP contribution is 2.39. The highest BCUT2D eigenvalue weighted by molar-refractivity contribution is 9.10. The molecular formula is C14H18BrN3O. The van der Waals surface area contributed by atoms with E-state index in [0.717, 1.165) is 32.9 Å². The van der Waals surface area contributed by atoms with Gasteiger partial charge in [0.05, 0.1) is 17.3 Å². The molecule has 4 nitrogen and oxygen atoms in total. The van der Waals surface area contributed by atoms with Crippen molar-refractivity contribution >= 4 is 21.7 Å². The first kappa shape index (κ1) is 13.9. The van der Waals surface area contributed by atoms with Gasteiger partial charge in [0, 0.05) is 19.7 Å². The van der Waals surface area contributed by atoms with E-state index in [-0.39, 0.29) is 0 Å². The van der Waals surface area contributed by atoms with Crippen LogP contribution in [0.5, 0.6) is 5.75 Å². The molecule has 0 spiro atoms. The summed E-state index contributed by atoms with van der Waals surface area (Å²) in [5.74, 6) is 1.75. The van der Waals surface area contributed by atoms with E-state index >= 15 is 0 Å². The van der Waals surface area contributed by atoms with Gasteiger partial charge < -0.3 is 9.64 Å². The molecule has 0 saturated heterocycles. The maximum atomic E-state index is 5.53. The van der Waals surface area contributed by atoms with Crippen molar-refractivity contribution in [1.29, 1.82) is 0 Å². The van der Waals surface area contributed by atoms with Gasteiger partial charge in [-0.15, -0.1) is 0 Å². The van der Waals surface area contributed by atoms with Crippen molar-refractivity contribution in [3.63, 3.8) is 0 Å². The minimum Gasteiger partial charge on any atom is -0.496 e. The fraction of sp³-hybridized carbons (Fsp3) is 0.357. The van der Waals surface area contributed by atoms with Gasteiger partial charge in [0.15, 0.2) is 5.82 Å². The summed E-state index contributed by atoms with van der Waals surface area (Å²) in [6.45, 7) is 4.12. The van der Waals surface area contributed by atoms with Crippen molar-refractivity contribution in [3.8, 4) is 17.0 Å². The molecule has 0 aliphatic carbocycles. The molecule has 5 heteroatoms. The van der Waals surface area contributed by atoms with Gasteiger partial charge >= 0.3 is 0 Å². The van der Waals surface area contributed by atoms with Crippen molar-refractivity contribution in [2.45, 2.75) is 13.8 Å². The Bertz CT molecular complexity index is 605.